The summed E-state index contributed by atoms with van der Waals surface area (Å²) in [5.74, 6) is -0.0509. The number of aryl methyl sites for hydroxylation is 1. The van der Waals surface area contributed by atoms with Crippen molar-refractivity contribution < 1.29 is 19.2 Å². The summed E-state index contributed by atoms with van der Waals surface area (Å²) in [6.07, 6.45) is -1.03. The second-order valence-corrected chi connectivity index (χ2v) is 4.64. The first-order valence-electron chi connectivity index (χ1n) is 6.29. The van der Waals surface area contributed by atoms with Gasteiger partial charge in [-0.25, -0.2) is 4.39 Å². The zero-order valence-corrected chi connectivity index (χ0v) is 11.5. The van der Waals surface area contributed by atoms with Gasteiger partial charge in [0.15, 0.2) is 0 Å². The molecule has 2 aromatic carbocycles. The van der Waals surface area contributed by atoms with E-state index in [0.717, 1.165) is 0 Å². The number of benzene rings is 2. The number of hydrogen-bond acceptors (Lipinski definition) is 4. The van der Waals surface area contributed by atoms with E-state index in [9.17, 15) is 19.6 Å². The first-order chi connectivity index (χ1) is 9.90. The number of halogens is 1. The van der Waals surface area contributed by atoms with Crippen molar-refractivity contribution >= 4 is 5.69 Å². The van der Waals surface area contributed by atoms with E-state index < -0.39 is 16.8 Å². The highest BCUT2D eigenvalue weighted by Gasteiger charge is 2.16. The van der Waals surface area contributed by atoms with E-state index in [1.807, 2.05) is 0 Å². The van der Waals surface area contributed by atoms with Gasteiger partial charge in [0.2, 0.25) is 0 Å². The Kier molecular flexibility index (Phi) is 4.18. The van der Waals surface area contributed by atoms with E-state index in [-0.39, 0.29) is 17.0 Å². The minimum Gasteiger partial charge on any atom is -0.457 e. The van der Waals surface area contributed by atoms with E-state index >= 15 is 0 Å². The Bertz CT molecular complexity index is 685. The third kappa shape index (κ3) is 3.17. The molecule has 1 N–H and O–H groups in total. The lowest BCUT2D eigenvalue weighted by Crippen LogP contribution is -2.00. The largest absolute Gasteiger partial charge is 0.457 e. The van der Waals surface area contributed by atoms with Crippen LogP contribution < -0.4 is 4.74 Å². The van der Waals surface area contributed by atoms with E-state index in [1.54, 1.807) is 6.92 Å². The fourth-order valence-electron chi connectivity index (χ4n) is 2.03. The summed E-state index contributed by atoms with van der Waals surface area (Å²) in [5, 5.41) is 20.4. The summed E-state index contributed by atoms with van der Waals surface area (Å²) < 4.78 is 19.3. The predicted octanol–water partition coefficient (Wildman–Crippen LogP) is 3.89. The van der Waals surface area contributed by atoms with Crippen molar-refractivity contribution in [3.05, 3.63) is 63.5 Å². The van der Waals surface area contributed by atoms with E-state index in [4.69, 9.17) is 4.74 Å². The van der Waals surface area contributed by atoms with Crippen molar-refractivity contribution in [1.29, 1.82) is 0 Å². The van der Waals surface area contributed by atoms with Crippen LogP contribution in [0, 0.1) is 22.9 Å². The van der Waals surface area contributed by atoms with E-state index in [1.165, 1.54) is 43.3 Å². The summed E-state index contributed by atoms with van der Waals surface area (Å²) in [6.45, 7) is 3.03. The molecule has 5 nitrogen and oxygen atoms in total. The van der Waals surface area contributed by atoms with Gasteiger partial charge < -0.3 is 9.84 Å². The van der Waals surface area contributed by atoms with Gasteiger partial charge in [-0.05, 0) is 38.1 Å². The molecule has 0 aliphatic heterocycles. The maximum Gasteiger partial charge on any atom is 0.272 e. The molecule has 0 aliphatic carbocycles. The Morgan fingerprint density at radius 1 is 1.33 bits per heavy atom. The van der Waals surface area contributed by atoms with E-state index in [2.05, 4.69) is 0 Å². The quantitative estimate of drug-likeness (QED) is 0.685. The molecular formula is C15H14FNO4. The van der Waals surface area contributed by atoms with Gasteiger partial charge >= 0.3 is 0 Å². The first-order valence-corrected chi connectivity index (χ1v) is 6.29. The summed E-state index contributed by atoms with van der Waals surface area (Å²) in [4.78, 5) is 10.3. The van der Waals surface area contributed by atoms with Crippen molar-refractivity contribution in [2.75, 3.05) is 0 Å². The molecule has 6 heteroatoms. The topological polar surface area (TPSA) is 72.6 Å². The number of nitrogens with zero attached hydrogens (tertiary/aromatic N) is 1. The smallest absolute Gasteiger partial charge is 0.272 e. The van der Waals surface area contributed by atoms with Gasteiger partial charge in [-0.2, -0.15) is 0 Å². The molecule has 2 aromatic rings. The molecule has 0 saturated carbocycles. The third-order valence-corrected chi connectivity index (χ3v) is 3.02. The van der Waals surface area contributed by atoms with Gasteiger partial charge in [-0.1, -0.05) is 6.07 Å². The van der Waals surface area contributed by atoms with E-state index in [0.29, 0.717) is 11.3 Å². The lowest BCUT2D eigenvalue weighted by Gasteiger charge is -2.14. The second-order valence-electron chi connectivity index (χ2n) is 4.64. The molecule has 0 aromatic heterocycles. The van der Waals surface area contributed by atoms with Crippen LogP contribution in [0.4, 0.5) is 10.1 Å². The number of ether oxygens (including phenoxy) is 1. The Morgan fingerprint density at radius 3 is 2.62 bits per heavy atom. The number of hydrogen-bond donors (Lipinski definition) is 1. The zero-order valence-electron chi connectivity index (χ0n) is 11.5. The Labute approximate surface area is 120 Å². The first kappa shape index (κ1) is 14.9. The molecule has 0 saturated heterocycles. The van der Waals surface area contributed by atoms with Crippen molar-refractivity contribution in [1.82, 2.24) is 0 Å². The van der Waals surface area contributed by atoms with Crippen molar-refractivity contribution in [2.45, 2.75) is 20.0 Å². The van der Waals surface area contributed by atoms with Crippen LogP contribution in [0.25, 0.3) is 0 Å². The molecule has 110 valence electrons. The van der Waals surface area contributed by atoms with Gasteiger partial charge in [0.05, 0.1) is 16.6 Å². The molecule has 1 atom stereocenters. The third-order valence-electron chi connectivity index (χ3n) is 3.02. The molecule has 21 heavy (non-hydrogen) atoms. The summed E-state index contributed by atoms with van der Waals surface area (Å²) in [6, 6.07) is 8.48. The van der Waals surface area contributed by atoms with Gasteiger partial charge in [-0.3, -0.25) is 10.1 Å². The average molecular weight is 291 g/mol. The standard InChI is InChI=1S/C15H14FNO4/c1-9-8-11(6-7-13(9)17(19)20)21-14-5-3-4-12(16)15(14)10(2)18/h3-8,10,18H,1-2H3. The fraction of sp³-hybridized carbons (Fsp3) is 0.200. The lowest BCUT2D eigenvalue weighted by molar-refractivity contribution is -0.385. The molecule has 0 aliphatic rings. The highest BCUT2D eigenvalue weighted by Crippen LogP contribution is 2.33. The number of aliphatic hydroxyl groups is 1. The molecular weight excluding hydrogens is 277 g/mol. The van der Waals surface area contributed by atoms with Crippen LogP contribution in [0.3, 0.4) is 0 Å². The highest BCUT2D eigenvalue weighted by atomic mass is 19.1. The zero-order chi connectivity index (χ0) is 15.6. The molecule has 0 bridgehead atoms. The number of nitro benzene ring substituents is 1. The van der Waals surface area contributed by atoms with Crippen molar-refractivity contribution in [2.24, 2.45) is 0 Å². The lowest BCUT2D eigenvalue weighted by atomic mass is 10.1. The van der Waals surface area contributed by atoms with Gasteiger partial charge in [-0.15, -0.1) is 0 Å². The second kappa shape index (κ2) is 5.88. The molecule has 0 amide bonds. The molecule has 0 fully saturated rings. The van der Waals surface area contributed by atoms with Crippen LogP contribution >= 0.6 is 0 Å². The monoisotopic (exact) mass is 291 g/mol. The summed E-state index contributed by atoms with van der Waals surface area (Å²) >= 11 is 0. The number of nitro groups is 1. The van der Waals surface area contributed by atoms with Crippen LogP contribution in [0.1, 0.15) is 24.2 Å². The van der Waals surface area contributed by atoms with Gasteiger partial charge in [0.1, 0.15) is 17.3 Å². The van der Waals surface area contributed by atoms with Crippen molar-refractivity contribution in [3.63, 3.8) is 0 Å². The van der Waals surface area contributed by atoms with Crippen LogP contribution in [0.5, 0.6) is 11.5 Å². The van der Waals surface area contributed by atoms with Crippen LogP contribution in [-0.4, -0.2) is 10.0 Å². The number of aliphatic hydroxyl groups excluding tert-OH is 1. The molecule has 0 radical (unpaired) electrons. The highest BCUT2D eigenvalue weighted by molar-refractivity contribution is 5.47. The molecule has 0 heterocycles. The maximum atomic E-state index is 13.7. The van der Waals surface area contributed by atoms with Gasteiger partial charge in [0.25, 0.3) is 5.69 Å². The Morgan fingerprint density at radius 2 is 2.05 bits per heavy atom. The van der Waals surface area contributed by atoms with Crippen LogP contribution in [-0.2, 0) is 0 Å². The Hall–Kier alpha value is -2.47. The minimum atomic E-state index is -1.03. The predicted molar refractivity (Wildman–Crippen MR) is 74.9 cm³/mol. The van der Waals surface area contributed by atoms with Gasteiger partial charge in [0, 0.05) is 11.6 Å². The summed E-state index contributed by atoms with van der Waals surface area (Å²) in [7, 11) is 0. The maximum absolute atomic E-state index is 13.7. The van der Waals surface area contributed by atoms with Crippen LogP contribution in [0.15, 0.2) is 36.4 Å². The number of rotatable bonds is 4. The SMILES string of the molecule is Cc1cc(Oc2cccc(F)c2C(C)O)ccc1[N+](=O)[O-]. The normalized spacial score (nSPS) is 12.0. The fourth-order valence-corrected chi connectivity index (χ4v) is 2.03. The summed E-state index contributed by atoms with van der Waals surface area (Å²) in [5.41, 5.74) is 0.471. The molecule has 0 spiro atoms. The van der Waals surface area contributed by atoms with Crippen LogP contribution in [0.2, 0.25) is 0 Å². The average Bonchev–Trinajstić information content (AvgIpc) is 2.37. The molecule has 1 unspecified atom stereocenters. The Balaban J connectivity index is 2.37. The molecule has 2 rings (SSSR count). The van der Waals surface area contributed by atoms with Crippen molar-refractivity contribution in [3.8, 4) is 11.5 Å². The minimum absolute atomic E-state index is 0.0164.